The van der Waals surface area contributed by atoms with Crippen LogP contribution in [0.15, 0.2) is 0 Å². The molecule has 0 rings (SSSR count). The SMILES string of the molecule is CCCCCCCCC(CCCCCCCCC(=O)OC)SCCO. The van der Waals surface area contributed by atoms with Crippen LogP contribution in [-0.4, -0.2) is 35.8 Å². The number of hydrogen-bond donors (Lipinski definition) is 1. The quantitative estimate of drug-likeness (QED) is 0.218. The van der Waals surface area contributed by atoms with E-state index in [1.807, 2.05) is 11.8 Å². The topological polar surface area (TPSA) is 46.5 Å². The molecule has 25 heavy (non-hydrogen) atoms. The van der Waals surface area contributed by atoms with Gasteiger partial charge in [0.05, 0.1) is 13.7 Å². The standard InChI is InChI=1S/C21H42O3S/c1-3-4-5-6-9-12-15-20(25-19-18-22)16-13-10-7-8-11-14-17-21(23)24-2/h20,22H,3-19H2,1-2H3. The molecule has 1 atom stereocenters. The fourth-order valence-corrected chi connectivity index (χ4v) is 4.24. The number of hydrogen-bond acceptors (Lipinski definition) is 4. The number of unbranched alkanes of at least 4 members (excludes halogenated alkanes) is 10. The number of ether oxygens (including phenoxy) is 1. The van der Waals surface area contributed by atoms with Crippen molar-refractivity contribution in [2.24, 2.45) is 0 Å². The highest BCUT2D eigenvalue weighted by molar-refractivity contribution is 7.99. The Morgan fingerprint density at radius 2 is 1.40 bits per heavy atom. The number of aliphatic hydroxyl groups excluding tert-OH is 1. The summed E-state index contributed by atoms with van der Waals surface area (Å²) in [6, 6.07) is 0. The lowest BCUT2D eigenvalue weighted by Gasteiger charge is -2.16. The molecule has 0 aromatic carbocycles. The van der Waals surface area contributed by atoms with Crippen LogP contribution in [0.25, 0.3) is 0 Å². The molecule has 0 aromatic rings. The van der Waals surface area contributed by atoms with Crippen molar-refractivity contribution in [1.29, 1.82) is 0 Å². The van der Waals surface area contributed by atoms with E-state index in [4.69, 9.17) is 5.11 Å². The van der Waals surface area contributed by atoms with Gasteiger partial charge in [-0.2, -0.15) is 11.8 Å². The summed E-state index contributed by atoms with van der Waals surface area (Å²) in [5.41, 5.74) is 0. The monoisotopic (exact) mass is 374 g/mol. The Hall–Kier alpha value is -0.220. The molecule has 0 saturated heterocycles. The van der Waals surface area contributed by atoms with Crippen LogP contribution in [0.1, 0.15) is 103 Å². The molecule has 3 nitrogen and oxygen atoms in total. The molecule has 0 heterocycles. The van der Waals surface area contributed by atoms with Crippen molar-refractivity contribution in [3.8, 4) is 0 Å². The molecule has 0 spiro atoms. The number of thioether (sulfide) groups is 1. The first-order chi connectivity index (χ1) is 12.2. The van der Waals surface area contributed by atoms with Crippen LogP contribution in [0.2, 0.25) is 0 Å². The van der Waals surface area contributed by atoms with Gasteiger partial charge in [-0.1, -0.05) is 77.6 Å². The number of aliphatic hydroxyl groups is 1. The van der Waals surface area contributed by atoms with Gasteiger partial charge in [0.1, 0.15) is 0 Å². The second kappa shape index (κ2) is 20.1. The lowest BCUT2D eigenvalue weighted by Crippen LogP contribution is -2.05. The Morgan fingerprint density at radius 1 is 0.880 bits per heavy atom. The molecule has 0 bridgehead atoms. The van der Waals surface area contributed by atoms with Gasteiger partial charge in [-0.25, -0.2) is 0 Å². The van der Waals surface area contributed by atoms with Crippen molar-refractivity contribution < 1.29 is 14.6 Å². The van der Waals surface area contributed by atoms with Crippen LogP contribution in [0.4, 0.5) is 0 Å². The Bertz CT molecular complexity index is 284. The number of carbonyl (C=O) groups excluding carboxylic acids is 1. The van der Waals surface area contributed by atoms with E-state index in [9.17, 15) is 4.79 Å². The van der Waals surface area contributed by atoms with Crippen LogP contribution in [0, 0.1) is 0 Å². The molecule has 1 N–H and O–H groups in total. The molecule has 0 amide bonds. The molecule has 0 radical (unpaired) electrons. The van der Waals surface area contributed by atoms with Crippen LogP contribution in [-0.2, 0) is 9.53 Å². The Kier molecular flexibility index (Phi) is 19.9. The number of carbonyl (C=O) groups is 1. The number of esters is 1. The summed E-state index contributed by atoms with van der Waals surface area (Å²) in [5.74, 6) is 0.798. The minimum Gasteiger partial charge on any atom is -0.469 e. The van der Waals surface area contributed by atoms with Crippen LogP contribution < -0.4 is 0 Å². The lowest BCUT2D eigenvalue weighted by atomic mass is 10.0. The smallest absolute Gasteiger partial charge is 0.305 e. The summed E-state index contributed by atoms with van der Waals surface area (Å²) in [5, 5.41) is 9.81. The molecular weight excluding hydrogens is 332 g/mol. The molecule has 0 aliphatic carbocycles. The van der Waals surface area contributed by atoms with Crippen molar-refractivity contribution >= 4 is 17.7 Å². The second-order valence-corrected chi connectivity index (χ2v) is 8.42. The van der Waals surface area contributed by atoms with Gasteiger partial charge in [-0.3, -0.25) is 4.79 Å². The minimum atomic E-state index is -0.0848. The van der Waals surface area contributed by atoms with E-state index in [2.05, 4.69) is 11.7 Å². The van der Waals surface area contributed by atoms with Gasteiger partial charge in [0, 0.05) is 17.4 Å². The third kappa shape index (κ3) is 18.4. The van der Waals surface area contributed by atoms with Gasteiger partial charge in [0.15, 0.2) is 0 Å². The van der Waals surface area contributed by atoms with E-state index < -0.39 is 0 Å². The largest absolute Gasteiger partial charge is 0.469 e. The highest BCUT2D eigenvalue weighted by atomic mass is 32.2. The highest BCUT2D eigenvalue weighted by Crippen LogP contribution is 2.24. The van der Waals surface area contributed by atoms with Crippen LogP contribution >= 0.6 is 11.8 Å². The number of methoxy groups -OCH3 is 1. The maximum absolute atomic E-state index is 11.0. The Labute approximate surface area is 160 Å². The minimum absolute atomic E-state index is 0.0848. The summed E-state index contributed by atoms with van der Waals surface area (Å²) in [6.45, 7) is 2.57. The summed E-state index contributed by atoms with van der Waals surface area (Å²) < 4.78 is 4.65. The predicted octanol–water partition coefficient (Wildman–Crippen LogP) is 6.12. The summed E-state index contributed by atoms with van der Waals surface area (Å²) in [4.78, 5) is 11.0. The molecule has 1 unspecified atom stereocenters. The first-order valence-electron chi connectivity index (χ1n) is 10.5. The fraction of sp³-hybridized carbons (Fsp3) is 0.952. The van der Waals surface area contributed by atoms with Crippen molar-refractivity contribution in [3.05, 3.63) is 0 Å². The van der Waals surface area contributed by atoms with E-state index in [1.165, 1.54) is 84.2 Å². The van der Waals surface area contributed by atoms with E-state index in [0.717, 1.165) is 23.8 Å². The summed E-state index contributed by atoms with van der Waals surface area (Å²) >= 11 is 1.97. The molecule has 0 fully saturated rings. The number of rotatable bonds is 19. The maximum atomic E-state index is 11.0. The Balaban J connectivity index is 3.58. The zero-order valence-electron chi connectivity index (χ0n) is 16.8. The van der Waals surface area contributed by atoms with Crippen LogP contribution in [0.3, 0.4) is 0 Å². The van der Waals surface area contributed by atoms with E-state index >= 15 is 0 Å². The third-order valence-electron chi connectivity index (χ3n) is 4.71. The van der Waals surface area contributed by atoms with Gasteiger partial charge in [-0.15, -0.1) is 0 Å². The average Bonchev–Trinajstić information content (AvgIpc) is 2.63. The summed E-state index contributed by atoms with van der Waals surface area (Å²) in [6.07, 6.45) is 18.6. The van der Waals surface area contributed by atoms with E-state index in [0.29, 0.717) is 13.0 Å². The summed E-state index contributed by atoms with van der Waals surface area (Å²) in [7, 11) is 1.46. The molecule has 0 aliphatic heterocycles. The maximum Gasteiger partial charge on any atom is 0.305 e. The fourth-order valence-electron chi connectivity index (χ4n) is 3.13. The van der Waals surface area contributed by atoms with Gasteiger partial charge < -0.3 is 9.84 Å². The molecule has 150 valence electrons. The predicted molar refractivity (Wildman–Crippen MR) is 110 cm³/mol. The zero-order valence-corrected chi connectivity index (χ0v) is 17.6. The van der Waals surface area contributed by atoms with Crippen molar-refractivity contribution in [2.45, 2.75) is 108 Å². The molecule has 0 saturated carbocycles. The van der Waals surface area contributed by atoms with Gasteiger partial charge in [-0.05, 0) is 19.3 Å². The van der Waals surface area contributed by atoms with E-state index in [-0.39, 0.29) is 5.97 Å². The zero-order chi connectivity index (χ0) is 18.6. The van der Waals surface area contributed by atoms with Crippen molar-refractivity contribution in [2.75, 3.05) is 19.5 Å². The van der Waals surface area contributed by atoms with Crippen molar-refractivity contribution in [1.82, 2.24) is 0 Å². The van der Waals surface area contributed by atoms with E-state index in [1.54, 1.807) is 0 Å². The second-order valence-electron chi connectivity index (χ2n) is 7.01. The molecule has 0 aliphatic rings. The van der Waals surface area contributed by atoms with Gasteiger partial charge in [0.2, 0.25) is 0 Å². The first kappa shape index (κ1) is 24.8. The average molecular weight is 375 g/mol. The third-order valence-corrected chi connectivity index (χ3v) is 6.07. The molecular formula is C21H42O3S. The lowest BCUT2D eigenvalue weighted by molar-refractivity contribution is -0.140. The normalized spacial score (nSPS) is 12.3. The van der Waals surface area contributed by atoms with Gasteiger partial charge in [0.25, 0.3) is 0 Å². The molecule has 4 heteroatoms. The van der Waals surface area contributed by atoms with Crippen molar-refractivity contribution in [3.63, 3.8) is 0 Å². The molecule has 0 aromatic heterocycles. The van der Waals surface area contributed by atoms with Crippen LogP contribution in [0.5, 0.6) is 0 Å². The Morgan fingerprint density at radius 3 is 1.92 bits per heavy atom. The first-order valence-corrected chi connectivity index (χ1v) is 11.6. The van der Waals surface area contributed by atoms with Gasteiger partial charge >= 0.3 is 5.97 Å². The highest BCUT2D eigenvalue weighted by Gasteiger charge is 2.09.